The third kappa shape index (κ3) is 3.94. The maximum absolute atomic E-state index is 11.6. The zero-order chi connectivity index (χ0) is 12.8. The lowest BCUT2D eigenvalue weighted by molar-refractivity contribution is 0.0597. The second-order valence-electron chi connectivity index (χ2n) is 3.69. The van der Waals surface area contributed by atoms with Gasteiger partial charge in [0.2, 0.25) is 0 Å². The van der Waals surface area contributed by atoms with Crippen LogP contribution in [0.5, 0.6) is 0 Å². The van der Waals surface area contributed by atoms with Gasteiger partial charge in [0.05, 0.1) is 12.7 Å². The summed E-state index contributed by atoms with van der Waals surface area (Å²) in [5.41, 5.74) is 6.66. The molecule has 1 rings (SSSR count). The monoisotopic (exact) mass is 255 g/mol. The molecule has 4 nitrogen and oxygen atoms in total. The van der Waals surface area contributed by atoms with Gasteiger partial charge in [-0.05, 0) is 24.6 Å². The number of hydrogen-bond acceptors (Lipinski definition) is 5. The predicted molar refractivity (Wildman–Crippen MR) is 69.2 cm³/mol. The van der Waals surface area contributed by atoms with Crippen LogP contribution in [0.15, 0.2) is 23.1 Å². The van der Waals surface area contributed by atoms with E-state index in [0.717, 1.165) is 4.90 Å². The molecule has 0 aliphatic heterocycles. The molecule has 0 amide bonds. The van der Waals surface area contributed by atoms with Crippen molar-refractivity contribution in [3.05, 3.63) is 23.8 Å². The smallest absolute Gasteiger partial charge is 0.339 e. The summed E-state index contributed by atoms with van der Waals surface area (Å²) in [4.78, 5) is 12.4. The molecule has 1 atom stereocenters. The SMILES string of the molecule is COC(=O)c1cc(N)ccc1SC(C)CCO. The molecule has 0 saturated heterocycles. The summed E-state index contributed by atoms with van der Waals surface area (Å²) in [5.74, 6) is -0.393. The minimum Gasteiger partial charge on any atom is -0.465 e. The average Bonchev–Trinajstić information content (AvgIpc) is 2.30. The van der Waals surface area contributed by atoms with Crippen LogP contribution in [0.4, 0.5) is 5.69 Å². The second-order valence-corrected chi connectivity index (χ2v) is 5.17. The van der Waals surface area contributed by atoms with E-state index in [2.05, 4.69) is 0 Å². The van der Waals surface area contributed by atoms with E-state index in [1.807, 2.05) is 6.92 Å². The minimum atomic E-state index is -0.393. The van der Waals surface area contributed by atoms with Gasteiger partial charge < -0.3 is 15.6 Å². The summed E-state index contributed by atoms with van der Waals surface area (Å²) in [6.45, 7) is 2.13. The van der Waals surface area contributed by atoms with Crippen LogP contribution in [0.3, 0.4) is 0 Å². The van der Waals surface area contributed by atoms with Gasteiger partial charge in [-0.2, -0.15) is 0 Å². The van der Waals surface area contributed by atoms with E-state index >= 15 is 0 Å². The van der Waals surface area contributed by atoms with Crippen LogP contribution in [-0.2, 0) is 4.74 Å². The Bertz CT molecular complexity index is 395. The molecule has 94 valence electrons. The van der Waals surface area contributed by atoms with Gasteiger partial charge in [-0.25, -0.2) is 4.79 Å². The quantitative estimate of drug-likeness (QED) is 0.478. The third-order valence-corrected chi connectivity index (χ3v) is 3.52. The topological polar surface area (TPSA) is 72.5 Å². The van der Waals surface area contributed by atoms with Crippen molar-refractivity contribution in [2.24, 2.45) is 0 Å². The Morgan fingerprint density at radius 3 is 2.88 bits per heavy atom. The largest absolute Gasteiger partial charge is 0.465 e. The maximum atomic E-state index is 11.6. The molecule has 0 aliphatic carbocycles. The van der Waals surface area contributed by atoms with Crippen LogP contribution in [0.2, 0.25) is 0 Å². The second kappa shape index (κ2) is 6.51. The Kier molecular flexibility index (Phi) is 5.31. The molecule has 17 heavy (non-hydrogen) atoms. The summed E-state index contributed by atoms with van der Waals surface area (Å²) in [6, 6.07) is 5.17. The number of esters is 1. The lowest BCUT2D eigenvalue weighted by atomic mass is 10.2. The Morgan fingerprint density at radius 2 is 2.29 bits per heavy atom. The standard InChI is InChI=1S/C12H17NO3S/c1-8(5-6-14)17-11-4-3-9(13)7-10(11)12(15)16-2/h3-4,7-8,14H,5-6,13H2,1-2H3. The number of rotatable bonds is 5. The molecule has 0 radical (unpaired) electrons. The van der Waals surface area contributed by atoms with Gasteiger partial charge in [0.25, 0.3) is 0 Å². The minimum absolute atomic E-state index is 0.136. The zero-order valence-electron chi connectivity index (χ0n) is 9.97. The van der Waals surface area contributed by atoms with Crippen molar-refractivity contribution in [3.63, 3.8) is 0 Å². The number of anilines is 1. The van der Waals surface area contributed by atoms with Crippen molar-refractivity contribution in [1.82, 2.24) is 0 Å². The van der Waals surface area contributed by atoms with Crippen molar-refractivity contribution in [2.45, 2.75) is 23.5 Å². The Balaban J connectivity index is 2.94. The zero-order valence-corrected chi connectivity index (χ0v) is 10.8. The van der Waals surface area contributed by atoms with Crippen LogP contribution < -0.4 is 5.73 Å². The summed E-state index contributed by atoms with van der Waals surface area (Å²) in [7, 11) is 1.34. The fourth-order valence-electron chi connectivity index (χ4n) is 1.38. The van der Waals surface area contributed by atoms with Crippen molar-refractivity contribution < 1.29 is 14.6 Å². The average molecular weight is 255 g/mol. The van der Waals surface area contributed by atoms with Crippen molar-refractivity contribution >= 4 is 23.4 Å². The highest BCUT2D eigenvalue weighted by atomic mass is 32.2. The molecular formula is C12H17NO3S. The van der Waals surface area contributed by atoms with E-state index in [4.69, 9.17) is 15.6 Å². The fourth-order valence-corrected chi connectivity index (χ4v) is 2.45. The number of aliphatic hydroxyl groups excluding tert-OH is 1. The number of benzene rings is 1. The molecule has 1 aromatic rings. The Labute approximate surface area is 105 Å². The molecule has 0 spiro atoms. The summed E-state index contributed by atoms with van der Waals surface area (Å²) >= 11 is 1.53. The van der Waals surface area contributed by atoms with E-state index in [1.165, 1.54) is 18.9 Å². The molecule has 3 N–H and O–H groups in total. The van der Waals surface area contributed by atoms with Gasteiger partial charge in [-0.1, -0.05) is 6.92 Å². The molecule has 1 unspecified atom stereocenters. The van der Waals surface area contributed by atoms with E-state index in [9.17, 15) is 4.79 Å². The predicted octanol–water partition coefficient (Wildman–Crippen LogP) is 1.92. The first-order valence-corrected chi connectivity index (χ1v) is 6.21. The van der Waals surface area contributed by atoms with E-state index in [0.29, 0.717) is 17.7 Å². The normalized spacial score (nSPS) is 12.2. The van der Waals surface area contributed by atoms with Gasteiger partial charge in [0, 0.05) is 22.4 Å². The lowest BCUT2D eigenvalue weighted by Gasteiger charge is -2.12. The van der Waals surface area contributed by atoms with Crippen LogP contribution in [0.1, 0.15) is 23.7 Å². The van der Waals surface area contributed by atoms with Gasteiger partial charge in [0.1, 0.15) is 0 Å². The van der Waals surface area contributed by atoms with E-state index in [-0.39, 0.29) is 11.9 Å². The first kappa shape index (κ1) is 13.9. The molecule has 0 aliphatic rings. The van der Waals surface area contributed by atoms with Crippen LogP contribution in [0.25, 0.3) is 0 Å². The van der Waals surface area contributed by atoms with Gasteiger partial charge >= 0.3 is 5.97 Å². The number of nitrogen functional groups attached to an aromatic ring is 1. The highest BCUT2D eigenvalue weighted by Crippen LogP contribution is 2.30. The first-order chi connectivity index (χ1) is 8.08. The first-order valence-electron chi connectivity index (χ1n) is 5.33. The third-order valence-electron chi connectivity index (χ3n) is 2.27. The van der Waals surface area contributed by atoms with E-state index in [1.54, 1.807) is 18.2 Å². The Hall–Kier alpha value is -1.20. The molecule has 0 fully saturated rings. The number of hydrogen-bond donors (Lipinski definition) is 2. The fraction of sp³-hybridized carbons (Fsp3) is 0.417. The highest BCUT2D eigenvalue weighted by molar-refractivity contribution is 8.00. The number of methoxy groups -OCH3 is 1. The molecule has 0 aromatic heterocycles. The van der Waals surface area contributed by atoms with Crippen molar-refractivity contribution in [2.75, 3.05) is 19.5 Å². The number of nitrogens with two attached hydrogens (primary N) is 1. The molecule has 0 heterocycles. The number of aliphatic hydroxyl groups is 1. The van der Waals surface area contributed by atoms with E-state index < -0.39 is 5.97 Å². The number of thioether (sulfide) groups is 1. The maximum Gasteiger partial charge on any atom is 0.339 e. The lowest BCUT2D eigenvalue weighted by Crippen LogP contribution is -2.06. The van der Waals surface area contributed by atoms with Crippen LogP contribution in [-0.4, -0.2) is 30.0 Å². The number of ether oxygens (including phenoxy) is 1. The van der Waals surface area contributed by atoms with Gasteiger partial charge in [-0.3, -0.25) is 0 Å². The van der Waals surface area contributed by atoms with Crippen LogP contribution >= 0.6 is 11.8 Å². The molecule has 5 heteroatoms. The number of carbonyl (C=O) groups excluding carboxylic acids is 1. The molecular weight excluding hydrogens is 238 g/mol. The summed E-state index contributed by atoms with van der Waals surface area (Å²) in [5, 5.41) is 9.09. The van der Waals surface area contributed by atoms with Crippen molar-refractivity contribution in [3.8, 4) is 0 Å². The Morgan fingerprint density at radius 1 is 1.59 bits per heavy atom. The molecule has 0 bridgehead atoms. The summed E-state index contributed by atoms with van der Waals surface area (Å²) < 4.78 is 4.72. The van der Waals surface area contributed by atoms with Gasteiger partial charge in [-0.15, -0.1) is 11.8 Å². The van der Waals surface area contributed by atoms with Gasteiger partial charge in [0.15, 0.2) is 0 Å². The number of carbonyl (C=O) groups is 1. The molecule has 1 aromatic carbocycles. The molecule has 0 saturated carbocycles. The summed E-state index contributed by atoms with van der Waals surface area (Å²) in [6.07, 6.45) is 0.676. The van der Waals surface area contributed by atoms with Crippen LogP contribution in [0, 0.1) is 0 Å². The van der Waals surface area contributed by atoms with Crippen molar-refractivity contribution in [1.29, 1.82) is 0 Å². The highest BCUT2D eigenvalue weighted by Gasteiger charge is 2.14.